The topological polar surface area (TPSA) is 74.7 Å². The molecular formula is C13H19NO4. The summed E-state index contributed by atoms with van der Waals surface area (Å²) < 4.78 is 0. The Hall–Kier alpha value is -1.65. The van der Waals surface area contributed by atoms with E-state index < -0.39 is 29.2 Å². The quantitative estimate of drug-likeness (QED) is 0.594. The summed E-state index contributed by atoms with van der Waals surface area (Å²) in [5.41, 5.74) is -0.800. The molecule has 18 heavy (non-hydrogen) atoms. The van der Waals surface area contributed by atoms with Gasteiger partial charge in [0.25, 0.3) is 0 Å². The summed E-state index contributed by atoms with van der Waals surface area (Å²) in [6.07, 6.45) is 1.55. The van der Waals surface area contributed by atoms with E-state index in [9.17, 15) is 14.4 Å². The Bertz CT molecular complexity index is 402. The van der Waals surface area contributed by atoms with Crippen molar-refractivity contribution in [3.05, 3.63) is 12.7 Å². The molecule has 1 N–H and O–H groups in total. The van der Waals surface area contributed by atoms with Crippen LogP contribution in [0.5, 0.6) is 0 Å². The highest BCUT2D eigenvalue weighted by atomic mass is 16.4. The predicted molar refractivity (Wildman–Crippen MR) is 65.7 cm³/mol. The van der Waals surface area contributed by atoms with Crippen molar-refractivity contribution in [2.75, 3.05) is 0 Å². The molecule has 1 fully saturated rings. The first-order valence-corrected chi connectivity index (χ1v) is 5.96. The van der Waals surface area contributed by atoms with Crippen molar-refractivity contribution >= 4 is 17.8 Å². The molecule has 0 aromatic heterocycles. The molecule has 5 heteroatoms. The summed E-state index contributed by atoms with van der Waals surface area (Å²) in [5.74, 6) is -2.00. The van der Waals surface area contributed by atoms with E-state index in [2.05, 4.69) is 6.58 Å². The lowest BCUT2D eigenvalue weighted by molar-refractivity contribution is -0.155. The number of rotatable bonds is 5. The molecule has 1 saturated heterocycles. The summed E-state index contributed by atoms with van der Waals surface area (Å²) >= 11 is 0. The fraction of sp³-hybridized carbons (Fsp3) is 0.615. The van der Waals surface area contributed by atoms with Crippen molar-refractivity contribution < 1.29 is 19.5 Å². The predicted octanol–water partition coefficient (Wildman–Crippen LogP) is 1.44. The zero-order valence-corrected chi connectivity index (χ0v) is 11.0. The molecule has 5 nitrogen and oxygen atoms in total. The average Bonchev–Trinajstić information content (AvgIpc) is 2.48. The smallest absolute Gasteiger partial charge is 0.327 e. The van der Waals surface area contributed by atoms with E-state index in [1.165, 1.54) is 6.08 Å². The molecule has 0 aliphatic carbocycles. The highest BCUT2D eigenvalue weighted by Gasteiger charge is 2.53. The maximum atomic E-state index is 12.3. The van der Waals surface area contributed by atoms with Gasteiger partial charge in [0.2, 0.25) is 11.8 Å². The second-order valence-electron chi connectivity index (χ2n) is 5.20. The van der Waals surface area contributed by atoms with Crippen LogP contribution in [0.15, 0.2) is 12.7 Å². The van der Waals surface area contributed by atoms with Crippen LogP contribution in [0.2, 0.25) is 0 Å². The van der Waals surface area contributed by atoms with Crippen molar-refractivity contribution in [2.45, 2.75) is 39.7 Å². The number of nitrogens with zero attached hydrogens (tertiary/aromatic N) is 1. The number of aliphatic carboxylic acids is 1. The van der Waals surface area contributed by atoms with E-state index in [0.717, 1.165) is 4.90 Å². The monoisotopic (exact) mass is 253 g/mol. The Balaban J connectivity index is 3.10. The molecule has 1 heterocycles. The van der Waals surface area contributed by atoms with Gasteiger partial charge in [-0.1, -0.05) is 19.9 Å². The number of hydrogen-bond donors (Lipinski definition) is 1. The van der Waals surface area contributed by atoms with Gasteiger partial charge in [0.05, 0.1) is 5.41 Å². The summed E-state index contributed by atoms with van der Waals surface area (Å²) in [5, 5.41) is 9.12. The number of imide groups is 1. The van der Waals surface area contributed by atoms with E-state index in [1.54, 1.807) is 6.92 Å². The SMILES string of the molecule is C=CCC(C(=O)O)N1C(=O)CC(C)(C(C)C)C1=O. The van der Waals surface area contributed by atoms with Crippen molar-refractivity contribution in [3.63, 3.8) is 0 Å². The minimum absolute atomic E-state index is 0.0165. The molecule has 100 valence electrons. The molecule has 2 unspecified atom stereocenters. The molecule has 0 saturated carbocycles. The van der Waals surface area contributed by atoms with Crippen LogP contribution < -0.4 is 0 Å². The molecule has 2 amide bonds. The molecule has 1 aliphatic heterocycles. The van der Waals surface area contributed by atoms with Gasteiger partial charge in [0.1, 0.15) is 6.04 Å². The van der Waals surface area contributed by atoms with Crippen LogP contribution in [0.1, 0.15) is 33.6 Å². The van der Waals surface area contributed by atoms with Gasteiger partial charge in [-0.05, 0) is 19.3 Å². The first-order valence-electron chi connectivity index (χ1n) is 5.96. The third-order valence-corrected chi connectivity index (χ3v) is 3.76. The van der Waals surface area contributed by atoms with Crippen LogP contribution in [-0.4, -0.2) is 33.8 Å². The highest BCUT2D eigenvalue weighted by Crippen LogP contribution is 2.40. The van der Waals surface area contributed by atoms with Crippen LogP contribution in [0.3, 0.4) is 0 Å². The third-order valence-electron chi connectivity index (χ3n) is 3.76. The molecule has 2 atom stereocenters. The van der Waals surface area contributed by atoms with Crippen molar-refractivity contribution in [3.8, 4) is 0 Å². The maximum absolute atomic E-state index is 12.3. The fourth-order valence-corrected chi connectivity index (χ4v) is 2.10. The van der Waals surface area contributed by atoms with Gasteiger partial charge >= 0.3 is 5.97 Å². The second-order valence-corrected chi connectivity index (χ2v) is 5.20. The van der Waals surface area contributed by atoms with Crippen LogP contribution >= 0.6 is 0 Å². The number of likely N-dealkylation sites (tertiary alicyclic amines) is 1. The van der Waals surface area contributed by atoms with Gasteiger partial charge in [-0.2, -0.15) is 0 Å². The largest absolute Gasteiger partial charge is 0.480 e. The average molecular weight is 253 g/mol. The number of hydrogen-bond acceptors (Lipinski definition) is 3. The normalized spacial score (nSPS) is 25.7. The van der Waals surface area contributed by atoms with Crippen molar-refractivity contribution in [1.29, 1.82) is 0 Å². The lowest BCUT2D eigenvalue weighted by Crippen LogP contribution is -2.47. The van der Waals surface area contributed by atoms with Crippen LogP contribution in [0.4, 0.5) is 0 Å². The number of amides is 2. The van der Waals surface area contributed by atoms with Gasteiger partial charge < -0.3 is 5.11 Å². The Morgan fingerprint density at radius 2 is 2.11 bits per heavy atom. The first-order chi connectivity index (χ1) is 8.25. The zero-order valence-electron chi connectivity index (χ0n) is 11.0. The van der Waals surface area contributed by atoms with Gasteiger partial charge in [0, 0.05) is 6.42 Å². The third kappa shape index (κ3) is 2.17. The number of carboxylic acid groups (broad SMARTS) is 1. The van der Waals surface area contributed by atoms with E-state index in [0.29, 0.717) is 0 Å². The molecule has 0 aromatic rings. The Labute approximate surface area is 106 Å². The summed E-state index contributed by atoms with van der Waals surface area (Å²) in [6, 6.07) is -1.14. The van der Waals surface area contributed by atoms with Crippen LogP contribution in [0.25, 0.3) is 0 Å². The molecule has 1 rings (SSSR count). The Morgan fingerprint density at radius 1 is 1.56 bits per heavy atom. The van der Waals surface area contributed by atoms with Gasteiger partial charge in [0.15, 0.2) is 0 Å². The van der Waals surface area contributed by atoms with Crippen LogP contribution in [-0.2, 0) is 14.4 Å². The van der Waals surface area contributed by atoms with Crippen LogP contribution in [0, 0.1) is 11.3 Å². The van der Waals surface area contributed by atoms with E-state index in [1.807, 2.05) is 13.8 Å². The maximum Gasteiger partial charge on any atom is 0.327 e. The van der Waals surface area contributed by atoms with E-state index in [4.69, 9.17) is 5.11 Å². The second kappa shape index (κ2) is 4.92. The fourth-order valence-electron chi connectivity index (χ4n) is 2.10. The number of carbonyl (C=O) groups is 3. The van der Waals surface area contributed by atoms with E-state index >= 15 is 0 Å². The molecule has 0 aromatic carbocycles. The van der Waals surface area contributed by atoms with Crippen molar-refractivity contribution in [2.24, 2.45) is 11.3 Å². The van der Waals surface area contributed by atoms with Gasteiger partial charge in [-0.15, -0.1) is 6.58 Å². The van der Waals surface area contributed by atoms with Gasteiger partial charge in [-0.3, -0.25) is 14.5 Å². The summed E-state index contributed by atoms with van der Waals surface area (Å²) in [7, 11) is 0. The minimum atomic E-state index is -1.18. The first kappa shape index (κ1) is 14.4. The highest BCUT2D eigenvalue weighted by molar-refractivity contribution is 6.08. The van der Waals surface area contributed by atoms with E-state index in [-0.39, 0.29) is 18.8 Å². The summed E-state index contributed by atoms with van der Waals surface area (Å²) in [6.45, 7) is 8.89. The molecule has 1 aliphatic rings. The lowest BCUT2D eigenvalue weighted by atomic mass is 9.78. The molecular weight excluding hydrogens is 234 g/mol. The molecule has 0 bridgehead atoms. The molecule has 0 radical (unpaired) electrons. The minimum Gasteiger partial charge on any atom is -0.480 e. The lowest BCUT2D eigenvalue weighted by Gasteiger charge is -2.28. The molecule has 0 spiro atoms. The number of carboxylic acids is 1. The van der Waals surface area contributed by atoms with Gasteiger partial charge in [-0.25, -0.2) is 4.79 Å². The standard InChI is InChI=1S/C13H19NO4/c1-5-6-9(11(16)17)14-10(15)7-13(4,8(2)3)12(14)18/h5,8-9H,1,6-7H2,2-4H3,(H,16,17). The van der Waals surface area contributed by atoms with Crippen molar-refractivity contribution in [1.82, 2.24) is 4.90 Å². The number of carbonyl (C=O) groups excluding carboxylic acids is 2. The Kier molecular flexibility index (Phi) is 3.94. The zero-order chi connectivity index (χ0) is 14.1. The summed E-state index contributed by atoms with van der Waals surface area (Å²) in [4.78, 5) is 36.3. The Morgan fingerprint density at radius 3 is 2.44 bits per heavy atom.